The van der Waals surface area contributed by atoms with Gasteiger partial charge in [0.1, 0.15) is 11.5 Å². The Morgan fingerprint density at radius 2 is 2.03 bits per heavy atom. The van der Waals surface area contributed by atoms with Crippen LogP contribution in [0, 0.1) is 0 Å². The summed E-state index contributed by atoms with van der Waals surface area (Å²) < 4.78 is 11.4. The first-order chi connectivity index (χ1) is 15.6. The third-order valence-electron chi connectivity index (χ3n) is 5.92. The van der Waals surface area contributed by atoms with Crippen molar-refractivity contribution in [3.8, 4) is 5.75 Å². The summed E-state index contributed by atoms with van der Waals surface area (Å²) in [5.41, 5.74) is 0.620. The molecule has 170 valence electrons. The Morgan fingerprint density at radius 1 is 1.22 bits per heavy atom. The summed E-state index contributed by atoms with van der Waals surface area (Å²) in [4.78, 5) is 28.3. The van der Waals surface area contributed by atoms with E-state index in [4.69, 9.17) is 9.47 Å². The molecular weight excluding hydrogens is 426 g/mol. The summed E-state index contributed by atoms with van der Waals surface area (Å²) in [6, 6.07) is 10.2. The Bertz CT molecular complexity index is 961. The van der Waals surface area contributed by atoms with Crippen molar-refractivity contribution in [3.05, 3.63) is 57.8 Å². The molecule has 1 aromatic carbocycles. The Hall–Kier alpha value is -2.64. The van der Waals surface area contributed by atoms with E-state index in [1.807, 2.05) is 17.5 Å². The van der Waals surface area contributed by atoms with Crippen molar-refractivity contribution in [3.63, 3.8) is 0 Å². The molecule has 1 amide bonds. The van der Waals surface area contributed by atoms with E-state index < -0.39 is 17.7 Å². The molecule has 2 aliphatic heterocycles. The number of Topliss-reactive ketones (excluding diaryl/α,β-unsaturated/α-hetero) is 1. The Labute approximate surface area is 192 Å². The fourth-order valence-corrected chi connectivity index (χ4v) is 5.07. The van der Waals surface area contributed by atoms with E-state index in [-0.39, 0.29) is 17.4 Å². The van der Waals surface area contributed by atoms with Gasteiger partial charge in [-0.2, -0.15) is 0 Å². The standard InChI is InChI=1S/C25H29NO5S/c1-2-3-4-13-30-18-11-9-17(10-12-18)23(27)21-22(20-8-6-15-32-20)26(25(29)24(21)28)16-19-7-5-14-31-19/h6,8-12,15,19,22,27H,2-5,7,13-14,16H2,1H3/b23-21-. The van der Waals surface area contributed by atoms with Gasteiger partial charge in [0.15, 0.2) is 0 Å². The van der Waals surface area contributed by atoms with Gasteiger partial charge in [0, 0.05) is 23.6 Å². The number of carbonyl (C=O) groups is 2. The van der Waals surface area contributed by atoms with E-state index in [1.54, 1.807) is 29.2 Å². The van der Waals surface area contributed by atoms with Gasteiger partial charge >= 0.3 is 0 Å². The quantitative estimate of drug-likeness (QED) is 0.251. The van der Waals surface area contributed by atoms with E-state index in [0.717, 1.165) is 37.0 Å². The third-order valence-corrected chi connectivity index (χ3v) is 6.85. The van der Waals surface area contributed by atoms with Gasteiger partial charge in [-0.1, -0.05) is 25.8 Å². The lowest BCUT2D eigenvalue weighted by atomic mass is 9.99. The minimum Gasteiger partial charge on any atom is -0.507 e. The van der Waals surface area contributed by atoms with Crippen LogP contribution in [0.4, 0.5) is 0 Å². The summed E-state index contributed by atoms with van der Waals surface area (Å²) in [7, 11) is 0. The number of aliphatic hydroxyl groups is 1. The predicted molar refractivity (Wildman–Crippen MR) is 124 cm³/mol. The predicted octanol–water partition coefficient (Wildman–Crippen LogP) is 4.92. The van der Waals surface area contributed by atoms with Gasteiger partial charge in [0.05, 0.1) is 24.3 Å². The van der Waals surface area contributed by atoms with E-state index in [2.05, 4.69) is 6.92 Å². The van der Waals surface area contributed by atoms with Gasteiger partial charge in [0.25, 0.3) is 11.7 Å². The minimum atomic E-state index is -0.654. The molecule has 2 aliphatic rings. The van der Waals surface area contributed by atoms with Gasteiger partial charge in [-0.05, 0) is 55.0 Å². The number of hydrogen-bond acceptors (Lipinski definition) is 6. The fourth-order valence-electron chi connectivity index (χ4n) is 4.23. The van der Waals surface area contributed by atoms with Crippen molar-refractivity contribution in [2.75, 3.05) is 19.8 Å². The normalized spacial score (nSPS) is 22.6. The smallest absolute Gasteiger partial charge is 0.295 e. The SMILES string of the molecule is CCCCCOc1ccc(/C(O)=C2/C(=O)C(=O)N(CC3CCCO3)C2c2cccs2)cc1. The number of ether oxygens (including phenoxy) is 2. The molecule has 2 atom stereocenters. The van der Waals surface area contributed by atoms with Crippen LogP contribution in [0.25, 0.3) is 5.76 Å². The van der Waals surface area contributed by atoms with Crippen LogP contribution in [0.2, 0.25) is 0 Å². The van der Waals surface area contributed by atoms with E-state index in [9.17, 15) is 14.7 Å². The molecule has 1 N–H and O–H groups in total. The third kappa shape index (κ3) is 4.74. The lowest BCUT2D eigenvalue weighted by Crippen LogP contribution is -2.36. The number of hydrogen-bond donors (Lipinski definition) is 1. The van der Waals surface area contributed by atoms with Crippen molar-refractivity contribution in [2.45, 2.75) is 51.2 Å². The number of thiophene rings is 1. The molecule has 4 rings (SSSR count). The largest absolute Gasteiger partial charge is 0.507 e. The summed E-state index contributed by atoms with van der Waals surface area (Å²) >= 11 is 1.47. The van der Waals surface area contributed by atoms with E-state index in [0.29, 0.717) is 31.1 Å². The van der Waals surface area contributed by atoms with Crippen molar-refractivity contribution in [1.29, 1.82) is 0 Å². The lowest BCUT2D eigenvalue weighted by Gasteiger charge is -2.26. The molecule has 7 heteroatoms. The maximum Gasteiger partial charge on any atom is 0.295 e. The summed E-state index contributed by atoms with van der Waals surface area (Å²) in [6.45, 7) is 3.80. The molecule has 32 heavy (non-hydrogen) atoms. The topological polar surface area (TPSA) is 76.1 Å². The average Bonchev–Trinajstić information content (AvgIpc) is 3.56. The van der Waals surface area contributed by atoms with Gasteiger partial charge in [-0.3, -0.25) is 9.59 Å². The first-order valence-corrected chi connectivity index (χ1v) is 12.1. The summed E-state index contributed by atoms with van der Waals surface area (Å²) in [5, 5.41) is 13.0. The molecule has 0 radical (unpaired) electrons. The number of amides is 1. The molecule has 0 bridgehead atoms. The zero-order valence-corrected chi connectivity index (χ0v) is 19.1. The molecule has 2 fully saturated rings. The highest BCUT2D eigenvalue weighted by molar-refractivity contribution is 7.10. The Morgan fingerprint density at radius 3 is 2.69 bits per heavy atom. The van der Waals surface area contributed by atoms with Crippen LogP contribution < -0.4 is 4.74 Å². The molecule has 2 aromatic rings. The average molecular weight is 456 g/mol. The molecule has 3 heterocycles. The molecule has 2 unspecified atom stereocenters. The number of carbonyl (C=O) groups excluding carboxylic acids is 2. The van der Waals surface area contributed by atoms with Crippen LogP contribution >= 0.6 is 11.3 Å². The molecule has 0 spiro atoms. The van der Waals surface area contributed by atoms with E-state index in [1.165, 1.54) is 11.3 Å². The van der Waals surface area contributed by atoms with Crippen molar-refractivity contribution in [2.24, 2.45) is 0 Å². The van der Waals surface area contributed by atoms with Crippen LogP contribution in [-0.4, -0.2) is 47.6 Å². The van der Waals surface area contributed by atoms with E-state index >= 15 is 0 Å². The Kier molecular flexibility index (Phi) is 7.27. The number of likely N-dealkylation sites (tertiary alicyclic amines) is 1. The number of benzene rings is 1. The molecule has 1 aromatic heterocycles. The van der Waals surface area contributed by atoms with Gasteiger partial charge in [-0.15, -0.1) is 11.3 Å². The second-order valence-corrected chi connectivity index (χ2v) is 9.16. The number of aliphatic hydroxyl groups excluding tert-OH is 1. The second kappa shape index (κ2) is 10.3. The van der Waals surface area contributed by atoms with Crippen LogP contribution in [-0.2, 0) is 14.3 Å². The molecule has 0 aliphatic carbocycles. The molecule has 6 nitrogen and oxygen atoms in total. The minimum absolute atomic E-state index is 0.0835. The first-order valence-electron chi connectivity index (χ1n) is 11.3. The first kappa shape index (κ1) is 22.6. The highest BCUT2D eigenvalue weighted by Crippen LogP contribution is 2.41. The molecule has 0 saturated carbocycles. The number of ketones is 1. The summed E-state index contributed by atoms with van der Waals surface area (Å²) in [5.74, 6) is -0.685. The maximum atomic E-state index is 13.0. The summed E-state index contributed by atoms with van der Waals surface area (Å²) in [6.07, 6.45) is 4.97. The van der Waals surface area contributed by atoms with Crippen LogP contribution in [0.5, 0.6) is 5.75 Å². The number of rotatable bonds is 9. The zero-order valence-electron chi connectivity index (χ0n) is 18.3. The highest BCUT2D eigenvalue weighted by Gasteiger charge is 2.47. The van der Waals surface area contributed by atoms with Gasteiger partial charge in [0.2, 0.25) is 0 Å². The van der Waals surface area contributed by atoms with Crippen molar-refractivity contribution < 1.29 is 24.2 Å². The fraction of sp³-hybridized carbons (Fsp3) is 0.440. The Balaban J connectivity index is 1.61. The molecular formula is C25H29NO5S. The van der Waals surface area contributed by atoms with Crippen molar-refractivity contribution in [1.82, 2.24) is 4.90 Å². The number of unbranched alkanes of at least 4 members (excludes halogenated alkanes) is 2. The number of nitrogens with zero attached hydrogens (tertiary/aromatic N) is 1. The maximum absolute atomic E-state index is 13.0. The molecule has 2 saturated heterocycles. The van der Waals surface area contributed by atoms with Crippen LogP contribution in [0.15, 0.2) is 47.4 Å². The van der Waals surface area contributed by atoms with Crippen molar-refractivity contribution >= 4 is 28.8 Å². The van der Waals surface area contributed by atoms with Gasteiger partial charge in [-0.25, -0.2) is 0 Å². The lowest BCUT2D eigenvalue weighted by molar-refractivity contribution is -0.140. The van der Waals surface area contributed by atoms with Gasteiger partial charge < -0.3 is 19.5 Å². The van der Waals surface area contributed by atoms with Crippen LogP contribution in [0.1, 0.15) is 55.5 Å². The van der Waals surface area contributed by atoms with Crippen LogP contribution in [0.3, 0.4) is 0 Å². The zero-order chi connectivity index (χ0) is 22.5. The highest BCUT2D eigenvalue weighted by atomic mass is 32.1. The monoisotopic (exact) mass is 455 g/mol. The second-order valence-electron chi connectivity index (χ2n) is 8.18.